The Morgan fingerprint density at radius 3 is 2.04 bits per heavy atom. The number of hydrogen-bond acceptors (Lipinski definition) is 6. The fraction of sp³-hybridized carbons (Fsp3) is 0.667. The van der Waals surface area contributed by atoms with Gasteiger partial charge in [-0.15, -0.1) is 0 Å². The molecule has 1 aliphatic heterocycles. The molecule has 0 saturated carbocycles. The molecule has 0 radical (unpaired) electrons. The van der Waals surface area contributed by atoms with E-state index in [0.29, 0.717) is 13.0 Å². The van der Waals surface area contributed by atoms with Gasteiger partial charge in [-0.3, -0.25) is 19.2 Å². The highest BCUT2D eigenvalue weighted by atomic mass is 16.4. The molecule has 4 amide bonds. The molecule has 1 aliphatic rings. The average molecular weight is 371 g/mol. The van der Waals surface area contributed by atoms with E-state index >= 15 is 0 Å². The summed E-state index contributed by atoms with van der Waals surface area (Å²) in [6.07, 6.45) is 0.812. The van der Waals surface area contributed by atoms with E-state index in [4.69, 9.17) is 16.6 Å². The smallest absolute Gasteiger partial charge is 0.326 e. The van der Waals surface area contributed by atoms with Gasteiger partial charge in [-0.05, 0) is 32.2 Å². The SMILES string of the molecule is NC(=O)CC[C@H](NC(=O)[C@H](CCC(N)=O)NC(=O)[C@@H]1CCCN1)C(=O)O. The van der Waals surface area contributed by atoms with Gasteiger partial charge in [0.1, 0.15) is 12.1 Å². The van der Waals surface area contributed by atoms with Gasteiger partial charge in [-0.25, -0.2) is 4.79 Å². The Hall–Kier alpha value is -2.69. The van der Waals surface area contributed by atoms with Crippen LogP contribution in [0.25, 0.3) is 0 Å². The standard InChI is InChI=1S/C15H25N5O6/c16-11(21)5-3-9(19-13(23)8-2-1-7-18-8)14(24)20-10(15(25)26)4-6-12(17)22/h8-10,18H,1-7H2,(H2,16,21)(H2,17,22)(H,19,23)(H,20,24)(H,25,26)/t8-,9-,10-/m0/s1. The molecule has 1 saturated heterocycles. The molecule has 0 aromatic heterocycles. The van der Waals surface area contributed by atoms with Crippen molar-refractivity contribution in [2.45, 2.75) is 56.7 Å². The number of hydrogen-bond donors (Lipinski definition) is 6. The highest BCUT2D eigenvalue weighted by Gasteiger charge is 2.30. The maximum absolute atomic E-state index is 12.4. The minimum Gasteiger partial charge on any atom is -0.480 e. The number of carbonyl (C=O) groups excluding carboxylic acids is 4. The molecule has 26 heavy (non-hydrogen) atoms. The molecule has 0 spiro atoms. The quantitative estimate of drug-likeness (QED) is 0.228. The maximum atomic E-state index is 12.4. The second-order valence-corrected chi connectivity index (χ2v) is 6.12. The first-order valence-electron chi connectivity index (χ1n) is 8.34. The lowest BCUT2D eigenvalue weighted by Gasteiger charge is -2.22. The molecule has 0 bridgehead atoms. The number of primary amides is 2. The number of carbonyl (C=O) groups is 5. The number of carboxylic acids is 1. The van der Waals surface area contributed by atoms with Crippen LogP contribution in [0.15, 0.2) is 0 Å². The second-order valence-electron chi connectivity index (χ2n) is 6.12. The summed E-state index contributed by atoms with van der Waals surface area (Å²) in [5, 5.41) is 16.9. The summed E-state index contributed by atoms with van der Waals surface area (Å²) in [7, 11) is 0. The lowest BCUT2D eigenvalue weighted by molar-refractivity contribution is -0.142. The summed E-state index contributed by atoms with van der Waals surface area (Å²) in [6, 6.07) is -2.90. The molecule has 1 fully saturated rings. The Kier molecular flexibility index (Phi) is 8.49. The molecule has 11 nitrogen and oxygen atoms in total. The first kappa shape index (κ1) is 21.4. The number of carboxylic acid groups (broad SMARTS) is 1. The minimum atomic E-state index is -1.34. The van der Waals surface area contributed by atoms with Crippen molar-refractivity contribution >= 4 is 29.6 Å². The number of nitrogens with two attached hydrogens (primary N) is 2. The highest BCUT2D eigenvalue weighted by Crippen LogP contribution is 2.07. The first-order chi connectivity index (χ1) is 12.2. The van der Waals surface area contributed by atoms with E-state index < -0.39 is 47.7 Å². The van der Waals surface area contributed by atoms with Crippen molar-refractivity contribution in [3.8, 4) is 0 Å². The van der Waals surface area contributed by atoms with Gasteiger partial charge in [0, 0.05) is 12.8 Å². The molecule has 146 valence electrons. The Morgan fingerprint density at radius 1 is 1.00 bits per heavy atom. The molecule has 0 unspecified atom stereocenters. The largest absolute Gasteiger partial charge is 0.480 e. The molecule has 1 heterocycles. The minimum absolute atomic E-state index is 0.0677. The van der Waals surface area contributed by atoms with Crippen molar-refractivity contribution in [3.05, 3.63) is 0 Å². The van der Waals surface area contributed by atoms with Crippen LogP contribution in [0.3, 0.4) is 0 Å². The fourth-order valence-electron chi connectivity index (χ4n) is 2.55. The van der Waals surface area contributed by atoms with E-state index in [-0.39, 0.29) is 25.7 Å². The molecule has 0 aromatic rings. The maximum Gasteiger partial charge on any atom is 0.326 e. The van der Waals surface area contributed by atoms with Gasteiger partial charge >= 0.3 is 5.97 Å². The third-order valence-electron chi connectivity index (χ3n) is 3.98. The zero-order chi connectivity index (χ0) is 19.7. The first-order valence-corrected chi connectivity index (χ1v) is 8.34. The van der Waals surface area contributed by atoms with Crippen LogP contribution >= 0.6 is 0 Å². The Morgan fingerprint density at radius 2 is 1.58 bits per heavy atom. The lowest BCUT2D eigenvalue weighted by atomic mass is 10.1. The summed E-state index contributed by atoms with van der Waals surface area (Å²) < 4.78 is 0. The Bertz CT molecular complexity index is 561. The Labute approximate surface area is 150 Å². The van der Waals surface area contributed by atoms with Crippen LogP contribution in [0.1, 0.15) is 38.5 Å². The topological polar surface area (TPSA) is 194 Å². The van der Waals surface area contributed by atoms with Gasteiger partial charge in [-0.2, -0.15) is 0 Å². The Balaban J connectivity index is 2.73. The van der Waals surface area contributed by atoms with Crippen LogP contribution in [-0.2, 0) is 24.0 Å². The van der Waals surface area contributed by atoms with Crippen LogP contribution < -0.4 is 27.4 Å². The van der Waals surface area contributed by atoms with Gasteiger partial charge in [0.2, 0.25) is 23.6 Å². The van der Waals surface area contributed by atoms with E-state index in [0.717, 1.165) is 6.42 Å². The zero-order valence-corrected chi connectivity index (χ0v) is 14.3. The fourth-order valence-corrected chi connectivity index (χ4v) is 2.55. The van der Waals surface area contributed by atoms with Gasteiger partial charge < -0.3 is 32.5 Å². The average Bonchev–Trinajstić information content (AvgIpc) is 3.08. The van der Waals surface area contributed by atoms with Crippen LogP contribution in [0.4, 0.5) is 0 Å². The predicted molar refractivity (Wildman–Crippen MR) is 89.4 cm³/mol. The molecular formula is C15H25N5O6. The van der Waals surface area contributed by atoms with Crippen molar-refractivity contribution in [2.75, 3.05) is 6.54 Å². The van der Waals surface area contributed by atoms with E-state index in [2.05, 4.69) is 16.0 Å². The van der Waals surface area contributed by atoms with E-state index in [1.165, 1.54) is 0 Å². The number of rotatable bonds is 11. The van der Waals surface area contributed by atoms with Crippen LogP contribution in [0, 0.1) is 0 Å². The number of aliphatic carboxylic acids is 1. The summed E-state index contributed by atoms with van der Waals surface area (Å²) >= 11 is 0. The van der Waals surface area contributed by atoms with E-state index in [1.54, 1.807) is 0 Å². The lowest BCUT2D eigenvalue weighted by Crippen LogP contribution is -2.54. The van der Waals surface area contributed by atoms with Crippen molar-refractivity contribution < 1.29 is 29.1 Å². The summed E-state index contributed by atoms with van der Waals surface area (Å²) in [5.74, 6) is -3.86. The van der Waals surface area contributed by atoms with E-state index in [9.17, 15) is 24.0 Å². The summed E-state index contributed by atoms with van der Waals surface area (Å²) in [6.45, 7) is 0.685. The van der Waals surface area contributed by atoms with Crippen molar-refractivity contribution in [3.63, 3.8) is 0 Å². The van der Waals surface area contributed by atoms with Gasteiger partial charge in [0.25, 0.3) is 0 Å². The summed E-state index contributed by atoms with van der Waals surface area (Å²) in [5.41, 5.74) is 10.1. The van der Waals surface area contributed by atoms with Crippen molar-refractivity contribution in [1.82, 2.24) is 16.0 Å². The number of amides is 4. The third-order valence-corrected chi connectivity index (χ3v) is 3.98. The van der Waals surface area contributed by atoms with E-state index in [1.807, 2.05) is 0 Å². The van der Waals surface area contributed by atoms with Crippen molar-refractivity contribution in [1.29, 1.82) is 0 Å². The number of nitrogens with one attached hydrogen (secondary N) is 3. The van der Waals surface area contributed by atoms with Crippen LogP contribution in [0.5, 0.6) is 0 Å². The zero-order valence-electron chi connectivity index (χ0n) is 14.3. The third kappa shape index (κ3) is 7.47. The van der Waals surface area contributed by atoms with Gasteiger partial charge in [0.05, 0.1) is 6.04 Å². The predicted octanol–water partition coefficient (Wildman–Crippen LogP) is -2.68. The molecule has 1 rings (SSSR count). The summed E-state index contributed by atoms with van der Waals surface area (Å²) in [4.78, 5) is 57.6. The molecule has 11 heteroatoms. The van der Waals surface area contributed by atoms with Gasteiger partial charge in [-0.1, -0.05) is 0 Å². The monoisotopic (exact) mass is 371 g/mol. The molecule has 8 N–H and O–H groups in total. The normalized spacial score (nSPS) is 18.5. The molecule has 3 atom stereocenters. The van der Waals surface area contributed by atoms with Gasteiger partial charge in [0.15, 0.2) is 0 Å². The van der Waals surface area contributed by atoms with Crippen LogP contribution in [0.2, 0.25) is 0 Å². The van der Waals surface area contributed by atoms with Crippen molar-refractivity contribution in [2.24, 2.45) is 11.5 Å². The van der Waals surface area contributed by atoms with Crippen LogP contribution in [-0.4, -0.2) is 59.4 Å². The second kappa shape index (κ2) is 10.3. The molecule has 0 aliphatic carbocycles. The molecule has 0 aromatic carbocycles. The molecular weight excluding hydrogens is 346 g/mol. The highest BCUT2D eigenvalue weighted by molar-refractivity contribution is 5.92.